The zero-order valence-corrected chi connectivity index (χ0v) is 17.8. The van der Waals surface area contributed by atoms with Crippen LogP contribution >= 0.6 is 0 Å². The van der Waals surface area contributed by atoms with Gasteiger partial charge in [-0.1, -0.05) is 0 Å². The van der Waals surface area contributed by atoms with Crippen molar-refractivity contribution in [1.29, 1.82) is 0 Å². The van der Waals surface area contributed by atoms with Gasteiger partial charge in [0.1, 0.15) is 0 Å². The Bertz CT molecular complexity index is 773. The first-order valence-electron chi connectivity index (χ1n) is 8.01. The van der Waals surface area contributed by atoms with Crippen LogP contribution in [0.25, 0.3) is 11.1 Å². The molecule has 0 fully saturated rings. The second-order valence-electron chi connectivity index (χ2n) is 6.52. The molecule has 121 valence electrons. The first-order valence-corrected chi connectivity index (χ1v) is 9.24. The van der Waals surface area contributed by atoms with Gasteiger partial charge in [-0.15, -0.1) is 0 Å². The summed E-state index contributed by atoms with van der Waals surface area (Å²) in [4.78, 5) is 0. The van der Waals surface area contributed by atoms with Crippen LogP contribution in [-0.4, -0.2) is 0 Å². The van der Waals surface area contributed by atoms with Crippen molar-refractivity contribution in [3.63, 3.8) is 0 Å². The van der Waals surface area contributed by atoms with Crippen molar-refractivity contribution in [1.82, 2.24) is 0 Å². The standard InChI is InChI=1S/C21H19.2ClH.Zr/c1-14(2)15-12-7-13-18(15)21-19-10-5-3-8-16(19)17-9-4-6-11-20(17)21;;;/h3-6,8-12,14,21H,7H2,1-2H3;2*1H;/q;;;+2/p-2. The van der Waals surface area contributed by atoms with Crippen LogP contribution < -0.4 is 24.8 Å². The van der Waals surface area contributed by atoms with Crippen LogP contribution in [-0.2, 0) is 24.7 Å². The van der Waals surface area contributed by atoms with Crippen molar-refractivity contribution in [3.05, 3.63) is 80.2 Å². The molecule has 0 saturated carbocycles. The maximum absolute atomic E-state index is 2.47. The van der Waals surface area contributed by atoms with E-state index in [9.17, 15) is 0 Å². The smallest absolute Gasteiger partial charge is 1.00 e. The van der Waals surface area contributed by atoms with Crippen molar-refractivity contribution in [2.75, 3.05) is 0 Å². The van der Waals surface area contributed by atoms with E-state index in [4.69, 9.17) is 0 Å². The molecule has 0 saturated heterocycles. The maximum Gasteiger partial charge on any atom is -1.00 e. The summed E-state index contributed by atoms with van der Waals surface area (Å²) in [5, 5.41) is 0. The Balaban J connectivity index is 0.00000104. The van der Waals surface area contributed by atoms with Crippen molar-refractivity contribution in [2.45, 2.75) is 26.2 Å². The maximum atomic E-state index is 2.47. The summed E-state index contributed by atoms with van der Waals surface area (Å²) >= 11 is 1.57. The molecule has 0 aliphatic heterocycles. The van der Waals surface area contributed by atoms with E-state index in [2.05, 4.69) is 68.5 Å². The second-order valence-corrected chi connectivity index (χ2v) is 8.00. The quantitative estimate of drug-likeness (QED) is 0.605. The average molecular weight is 434 g/mol. The Morgan fingerprint density at radius 2 is 1.38 bits per heavy atom. The molecule has 0 aromatic heterocycles. The number of halogens is 2. The van der Waals surface area contributed by atoms with E-state index in [1.54, 1.807) is 39.1 Å². The molecule has 0 amide bonds. The molecule has 4 rings (SSSR count). The van der Waals surface area contributed by atoms with Gasteiger partial charge in [0.05, 0.1) is 0 Å². The van der Waals surface area contributed by atoms with E-state index in [0.717, 1.165) is 6.42 Å². The van der Waals surface area contributed by atoms with E-state index in [-0.39, 0.29) is 24.8 Å². The molecule has 2 aliphatic carbocycles. The predicted octanol–water partition coefficient (Wildman–Crippen LogP) is -0.406. The van der Waals surface area contributed by atoms with Gasteiger partial charge in [-0.05, 0) is 0 Å². The molecule has 24 heavy (non-hydrogen) atoms. The zero-order chi connectivity index (χ0) is 15.3. The first kappa shape index (κ1) is 19.7. The topological polar surface area (TPSA) is 0 Å². The van der Waals surface area contributed by atoms with Gasteiger partial charge < -0.3 is 24.8 Å². The first-order chi connectivity index (χ1) is 10.7. The molecule has 0 spiro atoms. The number of fused-ring (bicyclic) bond motifs is 3. The Morgan fingerprint density at radius 1 is 0.875 bits per heavy atom. The van der Waals surface area contributed by atoms with Gasteiger partial charge in [0.2, 0.25) is 0 Å². The minimum Gasteiger partial charge on any atom is -1.00 e. The van der Waals surface area contributed by atoms with Gasteiger partial charge >= 0.3 is 148 Å². The molecule has 2 aromatic carbocycles. The van der Waals surface area contributed by atoms with Gasteiger partial charge in [-0.2, -0.15) is 0 Å². The van der Waals surface area contributed by atoms with Crippen LogP contribution in [0.3, 0.4) is 0 Å². The normalized spacial score (nSPS) is 15.6. The van der Waals surface area contributed by atoms with E-state index >= 15 is 0 Å². The summed E-state index contributed by atoms with van der Waals surface area (Å²) in [6, 6.07) is 17.9. The summed E-state index contributed by atoms with van der Waals surface area (Å²) < 4.78 is 1.63. The molecular weight excluding hydrogens is 414 g/mol. The minimum absolute atomic E-state index is 0. The average Bonchev–Trinajstić information content (AvgIpc) is 3.05. The van der Waals surface area contributed by atoms with Gasteiger partial charge in [-0.25, -0.2) is 0 Å². The van der Waals surface area contributed by atoms with E-state index in [0.29, 0.717) is 11.8 Å². The molecule has 0 heterocycles. The summed E-state index contributed by atoms with van der Waals surface area (Å²) in [6.45, 7) is 4.65. The molecule has 0 nitrogen and oxygen atoms in total. The van der Waals surface area contributed by atoms with Crippen LogP contribution in [0.4, 0.5) is 0 Å². The molecule has 0 unspecified atom stereocenters. The Hall–Kier alpha value is -0.617. The number of benzene rings is 2. The number of hydrogen-bond donors (Lipinski definition) is 0. The third-order valence-electron chi connectivity index (χ3n) is 4.91. The van der Waals surface area contributed by atoms with Crippen LogP contribution in [0.5, 0.6) is 0 Å². The monoisotopic (exact) mass is 431 g/mol. The molecule has 3 heteroatoms. The van der Waals surface area contributed by atoms with Crippen molar-refractivity contribution in [3.8, 4) is 11.1 Å². The van der Waals surface area contributed by atoms with Crippen molar-refractivity contribution >= 4 is 0 Å². The van der Waals surface area contributed by atoms with Crippen molar-refractivity contribution < 1.29 is 49.5 Å². The van der Waals surface area contributed by atoms with Gasteiger partial charge in [0.25, 0.3) is 0 Å². The fourth-order valence-electron chi connectivity index (χ4n) is 3.96. The second kappa shape index (κ2) is 7.73. The fourth-order valence-corrected chi connectivity index (χ4v) is 4.92. The Labute approximate surface area is 172 Å². The van der Waals surface area contributed by atoms with Gasteiger partial charge in [0.15, 0.2) is 0 Å². The van der Waals surface area contributed by atoms with Crippen LogP contribution in [0, 0.1) is 5.92 Å². The molecule has 0 radical (unpaired) electrons. The van der Waals surface area contributed by atoms with Gasteiger partial charge in [0, 0.05) is 0 Å². The molecule has 0 N–H and O–H groups in total. The molecule has 0 bridgehead atoms. The van der Waals surface area contributed by atoms with E-state index in [1.807, 2.05) is 0 Å². The Morgan fingerprint density at radius 3 is 1.88 bits per heavy atom. The molecule has 0 atom stereocenters. The van der Waals surface area contributed by atoms with Crippen LogP contribution in [0.15, 0.2) is 69.0 Å². The van der Waals surface area contributed by atoms with Crippen LogP contribution in [0.1, 0.15) is 37.3 Å². The third-order valence-corrected chi connectivity index (χ3v) is 6.07. The minimum atomic E-state index is 0. The predicted molar refractivity (Wildman–Crippen MR) is 88.3 cm³/mol. The van der Waals surface area contributed by atoms with Crippen molar-refractivity contribution in [2.24, 2.45) is 5.92 Å². The Kier molecular flexibility index (Phi) is 6.35. The number of allylic oxidation sites excluding steroid dienone is 4. The molecule has 2 aromatic rings. The largest absolute Gasteiger partial charge is 1.00 e. The zero-order valence-electron chi connectivity index (χ0n) is 13.8. The van der Waals surface area contributed by atoms with E-state index < -0.39 is 0 Å². The number of hydrogen-bond acceptors (Lipinski definition) is 0. The summed E-state index contributed by atoms with van der Waals surface area (Å²) in [5.74, 6) is 1.05. The van der Waals surface area contributed by atoms with E-state index in [1.165, 1.54) is 22.3 Å². The number of rotatable bonds is 2. The van der Waals surface area contributed by atoms with Crippen LogP contribution in [0.2, 0.25) is 0 Å². The third kappa shape index (κ3) is 3.00. The summed E-state index contributed by atoms with van der Waals surface area (Å²) in [5.41, 5.74) is 9.02. The fraction of sp³-hybridized carbons (Fsp3) is 0.238. The summed E-state index contributed by atoms with van der Waals surface area (Å²) in [7, 11) is 0. The summed E-state index contributed by atoms with van der Waals surface area (Å²) in [6.07, 6.45) is 3.62. The molecular formula is C21H19Cl2Zr. The molecule has 2 aliphatic rings. The SMILES string of the molecule is CC(C)C1=CC[C]([Zr+2])=C1C1c2ccccc2-c2ccccc21.[Cl-].[Cl-]. The van der Waals surface area contributed by atoms with Gasteiger partial charge in [-0.3, -0.25) is 0 Å².